The summed E-state index contributed by atoms with van der Waals surface area (Å²) in [5.41, 5.74) is 0. The predicted octanol–water partition coefficient (Wildman–Crippen LogP) is -2.89. The van der Waals surface area contributed by atoms with E-state index in [4.69, 9.17) is 0 Å². The first-order valence-electron chi connectivity index (χ1n) is 4.38. The molecule has 0 spiro atoms. The van der Waals surface area contributed by atoms with Crippen LogP contribution in [-0.2, 0) is 0 Å². The third-order valence-electron chi connectivity index (χ3n) is 2.53. The molecule has 3 saturated heterocycles. The topological polar surface area (TPSA) is 106 Å². The molecule has 0 unspecified atom stereocenters. The van der Waals surface area contributed by atoms with Gasteiger partial charge in [-0.25, -0.2) is 9.59 Å². The van der Waals surface area contributed by atoms with Gasteiger partial charge in [0, 0.05) is 0 Å². The Morgan fingerprint density at radius 2 is 0.929 bits per heavy atom. The fourth-order valence-corrected chi connectivity index (χ4v) is 1.92. The quantitative estimate of drug-likeness (QED) is 0.251. The molecule has 0 radical (unpaired) electrons. The van der Waals surface area contributed by atoms with Gasteiger partial charge in [0.1, 0.15) is 24.7 Å². The van der Waals surface area contributed by atoms with Gasteiger partial charge in [-0.15, -0.1) is 0 Å². The Morgan fingerprint density at radius 3 is 1.21 bits per heavy atom. The van der Waals surface area contributed by atoms with Gasteiger partial charge in [-0.05, 0) is 0 Å². The molecular weight excluding hydrogens is 188 g/mol. The van der Waals surface area contributed by atoms with E-state index in [1.54, 1.807) is 0 Å². The van der Waals surface area contributed by atoms with E-state index in [0.717, 1.165) is 0 Å². The first-order valence-corrected chi connectivity index (χ1v) is 4.38. The van der Waals surface area contributed by atoms with Crippen LogP contribution >= 0.6 is 0 Å². The predicted molar refractivity (Wildman–Crippen MR) is 44.8 cm³/mol. The molecule has 0 bridgehead atoms. The van der Waals surface area contributed by atoms with E-state index < -0.39 is 0 Å². The summed E-state index contributed by atoms with van der Waals surface area (Å²) in [5, 5.41) is 16.9. The fourth-order valence-electron chi connectivity index (χ4n) is 1.92. The van der Waals surface area contributed by atoms with Crippen LogP contribution in [0.15, 0.2) is 0 Å². The average Bonchev–Trinajstić information content (AvgIpc) is 2.59. The lowest BCUT2D eigenvalue weighted by molar-refractivity contribution is 0.207. The molecule has 8 nitrogen and oxygen atoms in total. The molecular formula is C6H10N6O2. The van der Waals surface area contributed by atoms with Crippen LogP contribution in [0, 0.1) is 0 Å². The first kappa shape index (κ1) is 7.83. The summed E-state index contributed by atoms with van der Waals surface area (Å²) in [6.45, 7) is 0. The second-order valence-electron chi connectivity index (χ2n) is 3.48. The van der Waals surface area contributed by atoms with Crippen LogP contribution in [-0.4, -0.2) is 36.7 Å². The van der Waals surface area contributed by atoms with Crippen molar-refractivity contribution in [2.24, 2.45) is 0 Å². The Hall–Kier alpha value is -1.54. The van der Waals surface area contributed by atoms with Crippen molar-refractivity contribution in [3.05, 3.63) is 0 Å². The van der Waals surface area contributed by atoms with Crippen molar-refractivity contribution in [2.75, 3.05) is 0 Å². The molecule has 0 aromatic rings. The molecule has 0 aromatic heterocycles. The molecule has 3 heterocycles. The SMILES string of the molecule is O=C1N[C@@H]2N[C@@H]3NC(=O)N[C@@H]3N[C@@H]2N1. The Bertz CT molecular complexity index is 253. The summed E-state index contributed by atoms with van der Waals surface area (Å²) >= 11 is 0. The van der Waals surface area contributed by atoms with Crippen molar-refractivity contribution in [1.82, 2.24) is 31.9 Å². The highest BCUT2D eigenvalue weighted by Crippen LogP contribution is 2.08. The normalized spacial score (nSPS) is 44.3. The molecule has 6 N–H and O–H groups in total. The Morgan fingerprint density at radius 1 is 0.643 bits per heavy atom. The van der Waals surface area contributed by atoms with Gasteiger partial charge in [0.2, 0.25) is 0 Å². The van der Waals surface area contributed by atoms with Crippen LogP contribution in [0.5, 0.6) is 0 Å². The lowest BCUT2D eigenvalue weighted by Crippen LogP contribution is -2.71. The maximum absolute atomic E-state index is 11.0. The average molecular weight is 198 g/mol. The number of hydrogen-bond donors (Lipinski definition) is 6. The highest BCUT2D eigenvalue weighted by Gasteiger charge is 2.45. The van der Waals surface area contributed by atoms with E-state index >= 15 is 0 Å². The Balaban J connectivity index is 1.77. The van der Waals surface area contributed by atoms with E-state index in [0.29, 0.717) is 0 Å². The highest BCUT2D eigenvalue weighted by atomic mass is 16.2. The van der Waals surface area contributed by atoms with Crippen LogP contribution < -0.4 is 31.9 Å². The largest absolute Gasteiger partial charge is 0.319 e. The Kier molecular flexibility index (Phi) is 1.39. The summed E-state index contributed by atoms with van der Waals surface area (Å²) in [6.07, 6.45) is -0.763. The number of carbonyl (C=O) groups is 2. The van der Waals surface area contributed by atoms with Crippen molar-refractivity contribution >= 4 is 12.1 Å². The second kappa shape index (κ2) is 2.49. The molecule has 4 amide bonds. The molecule has 3 rings (SSSR count). The van der Waals surface area contributed by atoms with Crippen molar-refractivity contribution in [3.63, 3.8) is 0 Å². The zero-order valence-electron chi connectivity index (χ0n) is 7.13. The number of hydrogen-bond acceptors (Lipinski definition) is 4. The summed E-state index contributed by atoms with van der Waals surface area (Å²) in [6, 6.07) is -0.433. The van der Waals surface area contributed by atoms with Gasteiger partial charge in [-0.3, -0.25) is 10.6 Å². The monoisotopic (exact) mass is 198 g/mol. The van der Waals surface area contributed by atoms with E-state index in [9.17, 15) is 9.59 Å². The maximum atomic E-state index is 11.0. The Labute approximate surface area is 79.2 Å². The number of urea groups is 2. The zero-order chi connectivity index (χ0) is 9.71. The summed E-state index contributed by atoms with van der Waals surface area (Å²) in [7, 11) is 0. The number of nitrogens with one attached hydrogen (secondary N) is 6. The van der Waals surface area contributed by atoms with Crippen LogP contribution in [0.25, 0.3) is 0 Å². The lowest BCUT2D eigenvalue weighted by atomic mass is 10.2. The fraction of sp³-hybridized carbons (Fsp3) is 0.667. The van der Waals surface area contributed by atoms with Gasteiger partial charge in [0.05, 0.1) is 0 Å². The molecule has 0 saturated carbocycles. The highest BCUT2D eigenvalue weighted by molar-refractivity contribution is 5.79. The van der Waals surface area contributed by atoms with Crippen molar-refractivity contribution in [3.8, 4) is 0 Å². The van der Waals surface area contributed by atoms with E-state index in [1.807, 2.05) is 0 Å². The van der Waals surface area contributed by atoms with Gasteiger partial charge in [0.25, 0.3) is 0 Å². The van der Waals surface area contributed by atoms with Gasteiger partial charge < -0.3 is 21.3 Å². The maximum Gasteiger partial charge on any atom is 0.317 e. The minimum absolute atomic E-state index is 0.191. The summed E-state index contributed by atoms with van der Waals surface area (Å²) < 4.78 is 0. The van der Waals surface area contributed by atoms with Crippen LogP contribution in [0.1, 0.15) is 0 Å². The molecule has 4 atom stereocenters. The lowest BCUT2D eigenvalue weighted by Gasteiger charge is -2.34. The van der Waals surface area contributed by atoms with Gasteiger partial charge in [0.15, 0.2) is 0 Å². The zero-order valence-corrected chi connectivity index (χ0v) is 7.13. The number of rotatable bonds is 0. The van der Waals surface area contributed by atoms with Gasteiger partial charge in [-0.1, -0.05) is 0 Å². The second-order valence-corrected chi connectivity index (χ2v) is 3.48. The first-order chi connectivity index (χ1) is 6.72. The third-order valence-corrected chi connectivity index (χ3v) is 2.53. The molecule has 76 valence electrons. The van der Waals surface area contributed by atoms with E-state index in [-0.39, 0.29) is 36.7 Å². The van der Waals surface area contributed by atoms with Crippen LogP contribution in [0.3, 0.4) is 0 Å². The number of piperazine rings is 1. The molecule has 3 aliphatic heterocycles. The molecule has 3 aliphatic rings. The molecule has 8 heteroatoms. The number of amides is 4. The number of carbonyl (C=O) groups excluding carboxylic acids is 2. The number of fused-ring (bicyclic) bond motifs is 2. The van der Waals surface area contributed by atoms with Crippen LogP contribution in [0.2, 0.25) is 0 Å². The third kappa shape index (κ3) is 1.01. The van der Waals surface area contributed by atoms with E-state index in [1.165, 1.54) is 0 Å². The minimum atomic E-state index is -0.216. The summed E-state index contributed by atoms with van der Waals surface area (Å²) in [4.78, 5) is 22.0. The van der Waals surface area contributed by atoms with Crippen molar-refractivity contribution in [2.45, 2.75) is 24.7 Å². The molecule has 0 aromatic carbocycles. The van der Waals surface area contributed by atoms with Gasteiger partial charge in [-0.2, -0.15) is 0 Å². The minimum Gasteiger partial charge on any atom is -0.319 e. The van der Waals surface area contributed by atoms with Crippen molar-refractivity contribution in [1.29, 1.82) is 0 Å². The van der Waals surface area contributed by atoms with Gasteiger partial charge >= 0.3 is 12.1 Å². The molecule has 3 fully saturated rings. The van der Waals surface area contributed by atoms with Crippen LogP contribution in [0.4, 0.5) is 9.59 Å². The summed E-state index contributed by atoms with van der Waals surface area (Å²) in [5.74, 6) is 0. The van der Waals surface area contributed by atoms with E-state index in [2.05, 4.69) is 31.9 Å². The van der Waals surface area contributed by atoms with Crippen molar-refractivity contribution < 1.29 is 9.59 Å². The smallest absolute Gasteiger partial charge is 0.317 e. The standard InChI is InChI=1S/C6H10N6O2/c13-5-9-1-2(10-5)8-4-3(7-1)11-6(14)12-4/h1-4,7-8H,(H2,9,10,13)(H2,11,12,14)/t1-,2+,3+,4-. The molecule has 14 heavy (non-hydrogen) atoms. The molecule has 0 aliphatic carbocycles.